The summed E-state index contributed by atoms with van der Waals surface area (Å²) in [7, 11) is 0. The van der Waals surface area contributed by atoms with E-state index in [4.69, 9.17) is 23.2 Å². The van der Waals surface area contributed by atoms with Crippen LogP contribution in [-0.4, -0.2) is 10.9 Å². The largest absolute Gasteiger partial charge is 0.380 e. The number of amides is 1. The number of carbonyl (C=O) groups is 1. The molecule has 2 N–H and O–H groups in total. The van der Waals surface area contributed by atoms with Crippen LogP contribution in [0, 0.1) is 5.82 Å². The Morgan fingerprint density at radius 3 is 2.38 bits per heavy atom. The van der Waals surface area contributed by atoms with E-state index in [0.717, 1.165) is 0 Å². The molecule has 0 saturated heterocycles. The van der Waals surface area contributed by atoms with Crippen LogP contribution in [0.15, 0.2) is 60.8 Å². The first-order valence-corrected chi connectivity index (χ1v) is 8.49. The second-order valence-electron chi connectivity index (χ2n) is 5.43. The molecule has 0 aliphatic heterocycles. The topological polar surface area (TPSA) is 54.0 Å². The summed E-state index contributed by atoms with van der Waals surface area (Å²) in [6.07, 6.45) is 1.50. The van der Waals surface area contributed by atoms with Crippen molar-refractivity contribution in [2.24, 2.45) is 0 Å². The molecule has 26 heavy (non-hydrogen) atoms. The van der Waals surface area contributed by atoms with E-state index in [2.05, 4.69) is 15.6 Å². The highest BCUT2D eigenvalue weighted by Crippen LogP contribution is 2.30. The molecule has 0 aliphatic rings. The molecule has 4 nitrogen and oxygen atoms in total. The van der Waals surface area contributed by atoms with Crippen LogP contribution in [0.1, 0.15) is 16.1 Å². The Morgan fingerprint density at radius 2 is 1.73 bits per heavy atom. The summed E-state index contributed by atoms with van der Waals surface area (Å²) in [5, 5.41) is 6.39. The number of nitrogens with one attached hydrogen (secondary N) is 2. The average Bonchev–Trinajstić information content (AvgIpc) is 2.64. The summed E-state index contributed by atoms with van der Waals surface area (Å²) < 4.78 is 13.6. The molecule has 1 amide bonds. The van der Waals surface area contributed by atoms with Gasteiger partial charge in [0.15, 0.2) is 0 Å². The Labute approximate surface area is 160 Å². The maximum atomic E-state index is 13.6. The predicted molar refractivity (Wildman–Crippen MR) is 102 cm³/mol. The van der Waals surface area contributed by atoms with Gasteiger partial charge in [-0.3, -0.25) is 4.79 Å². The highest BCUT2D eigenvalue weighted by Gasteiger charge is 2.12. The van der Waals surface area contributed by atoms with Gasteiger partial charge in [0.05, 0.1) is 27.6 Å². The molecule has 0 saturated carbocycles. The molecular formula is C19H14Cl2FN3O. The summed E-state index contributed by atoms with van der Waals surface area (Å²) in [5.41, 5.74) is 1.75. The Kier molecular flexibility index (Phi) is 5.71. The third-order valence-corrected chi connectivity index (χ3v) is 4.27. The van der Waals surface area contributed by atoms with Gasteiger partial charge < -0.3 is 10.6 Å². The summed E-state index contributed by atoms with van der Waals surface area (Å²) in [6.45, 7) is 0.315. The number of pyridine rings is 1. The van der Waals surface area contributed by atoms with Crippen molar-refractivity contribution in [2.45, 2.75) is 6.54 Å². The Bertz CT molecular complexity index is 912. The number of hydrogen-bond acceptors (Lipinski definition) is 3. The maximum Gasteiger partial charge on any atom is 0.274 e. The van der Waals surface area contributed by atoms with Crippen molar-refractivity contribution in [3.63, 3.8) is 0 Å². The van der Waals surface area contributed by atoms with Gasteiger partial charge in [-0.2, -0.15) is 0 Å². The quantitative estimate of drug-likeness (QED) is 0.614. The predicted octanol–water partition coefficient (Wildman–Crippen LogP) is 5.39. The molecule has 0 unspecified atom stereocenters. The van der Waals surface area contributed by atoms with Crippen molar-refractivity contribution < 1.29 is 9.18 Å². The van der Waals surface area contributed by atoms with E-state index in [9.17, 15) is 9.18 Å². The molecule has 0 fully saturated rings. The highest BCUT2D eigenvalue weighted by molar-refractivity contribution is 6.39. The van der Waals surface area contributed by atoms with Gasteiger partial charge in [-0.05, 0) is 30.3 Å². The smallest absolute Gasteiger partial charge is 0.274 e. The maximum absolute atomic E-state index is 13.6. The molecule has 0 aliphatic carbocycles. The molecule has 0 spiro atoms. The third-order valence-electron chi connectivity index (χ3n) is 3.64. The summed E-state index contributed by atoms with van der Waals surface area (Å²) in [4.78, 5) is 16.4. The lowest BCUT2D eigenvalue weighted by atomic mass is 10.2. The van der Waals surface area contributed by atoms with Gasteiger partial charge in [-0.1, -0.05) is 47.5 Å². The first-order chi connectivity index (χ1) is 12.5. The van der Waals surface area contributed by atoms with Crippen LogP contribution in [0.5, 0.6) is 0 Å². The molecule has 0 radical (unpaired) electrons. The van der Waals surface area contributed by atoms with Gasteiger partial charge in [0, 0.05) is 12.1 Å². The standard InChI is InChI=1S/C19H14Cl2FN3O/c20-14-5-3-6-15(21)18(14)25-19(26)17-9-8-13(11-24-17)23-10-12-4-1-2-7-16(12)22/h1-9,11,23H,10H2,(H,25,26). The van der Waals surface area contributed by atoms with Gasteiger partial charge in [-0.15, -0.1) is 0 Å². The molecule has 7 heteroatoms. The zero-order chi connectivity index (χ0) is 18.5. The summed E-state index contributed by atoms with van der Waals surface area (Å²) in [6, 6.07) is 14.7. The molecule has 132 valence electrons. The van der Waals surface area contributed by atoms with E-state index in [-0.39, 0.29) is 11.5 Å². The number of anilines is 2. The van der Waals surface area contributed by atoms with Gasteiger partial charge in [0.25, 0.3) is 5.91 Å². The van der Waals surface area contributed by atoms with Crippen LogP contribution < -0.4 is 10.6 Å². The number of carbonyl (C=O) groups excluding carboxylic acids is 1. The number of hydrogen-bond donors (Lipinski definition) is 2. The SMILES string of the molecule is O=C(Nc1c(Cl)cccc1Cl)c1ccc(NCc2ccccc2F)cn1. The van der Waals surface area contributed by atoms with E-state index in [1.807, 2.05) is 0 Å². The molecule has 1 aromatic heterocycles. The first-order valence-electron chi connectivity index (χ1n) is 7.73. The van der Waals surface area contributed by atoms with Gasteiger partial charge >= 0.3 is 0 Å². The molecule has 1 heterocycles. The van der Waals surface area contributed by atoms with Crippen molar-refractivity contribution in [3.05, 3.63) is 87.9 Å². The van der Waals surface area contributed by atoms with Gasteiger partial charge in [0.2, 0.25) is 0 Å². The minimum Gasteiger partial charge on any atom is -0.380 e. The van der Waals surface area contributed by atoms with Crippen LogP contribution in [0.2, 0.25) is 10.0 Å². The second kappa shape index (κ2) is 8.17. The van der Waals surface area contributed by atoms with Crippen molar-refractivity contribution >= 4 is 40.5 Å². The van der Waals surface area contributed by atoms with Crippen LogP contribution in [0.25, 0.3) is 0 Å². The minimum atomic E-state index is -0.430. The van der Waals surface area contributed by atoms with Crippen LogP contribution >= 0.6 is 23.2 Å². The zero-order valence-corrected chi connectivity index (χ0v) is 15.0. The minimum absolute atomic E-state index is 0.206. The van der Waals surface area contributed by atoms with E-state index in [1.165, 1.54) is 12.3 Å². The number of nitrogens with zero attached hydrogens (tertiary/aromatic N) is 1. The van der Waals surface area contributed by atoms with Gasteiger partial charge in [-0.25, -0.2) is 9.37 Å². The lowest BCUT2D eigenvalue weighted by molar-refractivity contribution is 0.102. The number of rotatable bonds is 5. The van der Waals surface area contributed by atoms with Crippen LogP contribution in [0.4, 0.5) is 15.8 Å². The molecule has 0 atom stereocenters. The number of para-hydroxylation sites is 1. The number of aromatic nitrogens is 1. The van der Waals surface area contributed by atoms with Crippen molar-refractivity contribution in [1.82, 2.24) is 4.98 Å². The monoisotopic (exact) mass is 389 g/mol. The Morgan fingerprint density at radius 1 is 1.00 bits per heavy atom. The fourth-order valence-electron chi connectivity index (χ4n) is 2.27. The normalized spacial score (nSPS) is 10.4. The second-order valence-corrected chi connectivity index (χ2v) is 6.24. The molecule has 3 rings (SSSR count). The van der Waals surface area contributed by atoms with E-state index in [1.54, 1.807) is 48.5 Å². The van der Waals surface area contributed by atoms with Crippen LogP contribution in [0.3, 0.4) is 0 Å². The van der Waals surface area contributed by atoms with E-state index in [0.29, 0.717) is 33.5 Å². The fourth-order valence-corrected chi connectivity index (χ4v) is 2.76. The van der Waals surface area contributed by atoms with E-state index < -0.39 is 5.91 Å². The zero-order valence-electron chi connectivity index (χ0n) is 13.5. The third kappa shape index (κ3) is 4.31. The lowest BCUT2D eigenvalue weighted by Gasteiger charge is -2.10. The molecule has 3 aromatic rings. The summed E-state index contributed by atoms with van der Waals surface area (Å²) in [5.74, 6) is -0.707. The Balaban J connectivity index is 1.65. The molecular weight excluding hydrogens is 376 g/mol. The van der Waals surface area contributed by atoms with Gasteiger partial charge in [0.1, 0.15) is 11.5 Å². The summed E-state index contributed by atoms with van der Waals surface area (Å²) >= 11 is 12.1. The average molecular weight is 390 g/mol. The highest BCUT2D eigenvalue weighted by atomic mass is 35.5. The lowest BCUT2D eigenvalue weighted by Crippen LogP contribution is -2.14. The van der Waals surface area contributed by atoms with Crippen molar-refractivity contribution in [2.75, 3.05) is 10.6 Å². The fraction of sp³-hybridized carbons (Fsp3) is 0.0526. The van der Waals surface area contributed by atoms with E-state index >= 15 is 0 Å². The Hall–Kier alpha value is -2.63. The van der Waals surface area contributed by atoms with Crippen LogP contribution in [-0.2, 0) is 6.54 Å². The molecule has 0 bridgehead atoms. The molecule has 2 aromatic carbocycles. The number of halogens is 3. The van der Waals surface area contributed by atoms with Crippen molar-refractivity contribution in [3.8, 4) is 0 Å². The first kappa shape index (κ1) is 18.2. The van der Waals surface area contributed by atoms with Crippen molar-refractivity contribution in [1.29, 1.82) is 0 Å². The number of benzene rings is 2.